The normalized spacial score (nSPS) is 7.42. The van der Waals surface area contributed by atoms with Crippen LogP contribution in [-0.4, -0.2) is 39.8 Å². The number of carboxylic acid groups (broad SMARTS) is 3. The Hall–Kier alpha value is -2.57. The predicted octanol–water partition coefficient (Wildman–Crippen LogP) is 1.53. The molecule has 7 heteroatoms. The van der Waals surface area contributed by atoms with Crippen molar-refractivity contribution in [2.24, 2.45) is 0 Å². The number of ether oxygens (including phenoxy) is 1. The third-order valence-corrected chi connectivity index (χ3v) is 1.07. The van der Waals surface area contributed by atoms with E-state index in [-0.39, 0.29) is 5.76 Å². The van der Waals surface area contributed by atoms with Crippen LogP contribution in [0, 0.1) is 0 Å². The summed E-state index contributed by atoms with van der Waals surface area (Å²) in [5.74, 6) is -3.24. The molecule has 0 unspecified atom stereocenters. The number of rotatable bonds is 6. The zero-order chi connectivity index (χ0) is 15.8. The van der Waals surface area contributed by atoms with E-state index in [9.17, 15) is 14.4 Å². The quantitative estimate of drug-likeness (QED) is 0.496. The van der Waals surface area contributed by atoms with Crippen molar-refractivity contribution in [1.82, 2.24) is 0 Å². The summed E-state index contributed by atoms with van der Waals surface area (Å²) in [6.45, 7) is 11.4. The Morgan fingerprint density at radius 2 is 1.37 bits per heavy atom. The second-order valence-electron chi connectivity index (χ2n) is 2.66. The standard InChI is InChI=1S/C6H10O3.2C3H4O2/c1-3-4-9-5(2)6(7)8;2*1-2-3(4)5/h2-4H2,1H3,(H,7,8);2*2H,1H2,(H,4,5). The first-order chi connectivity index (χ1) is 8.72. The molecule has 3 N–H and O–H groups in total. The Kier molecular flexibility index (Phi) is 17.6. The summed E-state index contributed by atoms with van der Waals surface area (Å²) in [6.07, 6.45) is 2.46. The third-order valence-electron chi connectivity index (χ3n) is 1.07. The lowest BCUT2D eigenvalue weighted by Gasteiger charge is -2.00. The molecule has 7 nitrogen and oxygen atoms in total. The van der Waals surface area contributed by atoms with Gasteiger partial charge in [0.1, 0.15) is 0 Å². The van der Waals surface area contributed by atoms with Gasteiger partial charge in [-0.2, -0.15) is 0 Å². The first kappa shape index (κ1) is 21.7. The van der Waals surface area contributed by atoms with E-state index in [1.807, 2.05) is 6.92 Å². The molecule has 0 aromatic heterocycles. The average molecular weight is 274 g/mol. The summed E-state index contributed by atoms with van der Waals surface area (Å²) >= 11 is 0. The Balaban J connectivity index is -0.000000219. The fourth-order valence-corrected chi connectivity index (χ4v) is 0.287. The van der Waals surface area contributed by atoms with Crippen LogP contribution in [0.1, 0.15) is 13.3 Å². The summed E-state index contributed by atoms with van der Waals surface area (Å²) in [6, 6.07) is 0. The van der Waals surface area contributed by atoms with Crippen molar-refractivity contribution in [3.05, 3.63) is 37.6 Å². The number of aliphatic carboxylic acids is 3. The highest BCUT2D eigenvalue weighted by Crippen LogP contribution is 1.93. The van der Waals surface area contributed by atoms with Gasteiger partial charge in [-0.25, -0.2) is 14.4 Å². The molecular formula is C12H18O7. The van der Waals surface area contributed by atoms with E-state index >= 15 is 0 Å². The van der Waals surface area contributed by atoms with Crippen molar-refractivity contribution in [3.8, 4) is 0 Å². The minimum Gasteiger partial charge on any atom is -0.487 e. The van der Waals surface area contributed by atoms with Crippen molar-refractivity contribution >= 4 is 17.9 Å². The summed E-state index contributed by atoms with van der Waals surface area (Å²) in [5, 5.41) is 23.4. The van der Waals surface area contributed by atoms with Crippen LogP contribution in [0.2, 0.25) is 0 Å². The molecular weight excluding hydrogens is 256 g/mol. The molecule has 19 heavy (non-hydrogen) atoms. The molecule has 0 aromatic rings. The molecule has 0 saturated carbocycles. The van der Waals surface area contributed by atoms with E-state index in [0.717, 1.165) is 18.6 Å². The molecule has 0 atom stereocenters. The van der Waals surface area contributed by atoms with Gasteiger partial charge in [0, 0.05) is 12.2 Å². The van der Waals surface area contributed by atoms with Crippen LogP contribution in [0.5, 0.6) is 0 Å². The summed E-state index contributed by atoms with van der Waals surface area (Å²) in [4.78, 5) is 28.5. The third kappa shape index (κ3) is 31.3. The van der Waals surface area contributed by atoms with Crippen molar-refractivity contribution in [2.45, 2.75) is 13.3 Å². The summed E-state index contributed by atoms with van der Waals surface area (Å²) in [7, 11) is 0. The smallest absolute Gasteiger partial charge is 0.370 e. The lowest BCUT2D eigenvalue weighted by atomic mass is 10.5. The van der Waals surface area contributed by atoms with Gasteiger partial charge < -0.3 is 20.1 Å². The number of carbonyl (C=O) groups is 3. The van der Waals surface area contributed by atoms with Gasteiger partial charge in [0.15, 0.2) is 5.76 Å². The van der Waals surface area contributed by atoms with Gasteiger partial charge in [-0.05, 0) is 13.0 Å². The maximum Gasteiger partial charge on any atom is 0.370 e. The van der Waals surface area contributed by atoms with Gasteiger partial charge in [0.25, 0.3) is 0 Å². The van der Waals surface area contributed by atoms with Gasteiger partial charge >= 0.3 is 17.9 Å². The summed E-state index contributed by atoms with van der Waals surface area (Å²) < 4.78 is 4.66. The molecule has 0 fully saturated rings. The van der Waals surface area contributed by atoms with Gasteiger partial charge in [-0.3, -0.25) is 0 Å². The zero-order valence-electron chi connectivity index (χ0n) is 10.7. The molecule has 0 heterocycles. The first-order valence-corrected chi connectivity index (χ1v) is 4.98. The Morgan fingerprint density at radius 3 is 1.53 bits per heavy atom. The predicted molar refractivity (Wildman–Crippen MR) is 68.7 cm³/mol. The number of hydrogen-bond donors (Lipinski definition) is 3. The van der Waals surface area contributed by atoms with Crippen molar-refractivity contribution in [2.75, 3.05) is 6.61 Å². The van der Waals surface area contributed by atoms with E-state index in [0.29, 0.717) is 6.61 Å². The molecule has 0 rings (SSSR count). The van der Waals surface area contributed by atoms with E-state index < -0.39 is 17.9 Å². The highest BCUT2D eigenvalue weighted by Gasteiger charge is 2.01. The molecule has 0 bridgehead atoms. The first-order valence-electron chi connectivity index (χ1n) is 4.98. The van der Waals surface area contributed by atoms with Crippen molar-refractivity contribution < 1.29 is 34.4 Å². The van der Waals surface area contributed by atoms with Crippen LogP contribution >= 0.6 is 0 Å². The van der Waals surface area contributed by atoms with Gasteiger partial charge in [-0.15, -0.1) is 0 Å². The molecule has 0 aromatic carbocycles. The van der Waals surface area contributed by atoms with Crippen molar-refractivity contribution in [3.63, 3.8) is 0 Å². The lowest BCUT2D eigenvalue weighted by molar-refractivity contribution is -0.136. The molecule has 0 amide bonds. The monoisotopic (exact) mass is 274 g/mol. The summed E-state index contributed by atoms with van der Waals surface area (Å²) in [5.41, 5.74) is 0. The Labute approximate surface area is 111 Å². The minimum atomic E-state index is -1.09. The maximum atomic E-state index is 9.98. The second-order valence-corrected chi connectivity index (χ2v) is 2.66. The maximum absolute atomic E-state index is 9.98. The topological polar surface area (TPSA) is 121 Å². The fraction of sp³-hybridized carbons (Fsp3) is 0.250. The zero-order valence-corrected chi connectivity index (χ0v) is 10.7. The molecule has 0 radical (unpaired) electrons. The van der Waals surface area contributed by atoms with Crippen LogP contribution in [0.3, 0.4) is 0 Å². The molecule has 0 saturated heterocycles. The van der Waals surface area contributed by atoms with Gasteiger partial charge in [-0.1, -0.05) is 20.1 Å². The van der Waals surface area contributed by atoms with E-state index in [4.69, 9.17) is 15.3 Å². The lowest BCUT2D eigenvalue weighted by Crippen LogP contribution is -2.03. The largest absolute Gasteiger partial charge is 0.487 e. The van der Waals surface area contributed by atoms with Crippen molar-refractivity contribution in [1.29, 1.82) is 0 Å². The SMILES string of the molecule is C=C(OCCC)C(=O)O.C=CC(=O)O.C=CC(=O)O. The van der Waals surface area contributed by atoms with Crippen LogP contribution in [0.25, 0.3) is 0 Å². The van der Waals surface area contributed by atoms with Crippen LogP contribution in [0.15, 0.2) is 37.6 Å². The van der Waals surface area contributed by atoms with Gasteiger partial charge in [0.05, 0.1) is 6.61 Å². The van der Waals surface area contributed by atoms with Gasteiger partial charge in [0.2, 0.25) is 0 Å². The van der Waals surface area contributed by atoms with Crippen LogP contribution in [0.4, 0.5) is 0 Å². The van der Waals surface area contributed by atoms with Crippen LogP contribution in [-0.2, 0) is 19.1 Å². The Bertz CT molecular complexity index is 313. The second kappa shape index (κ2) is 15.4. The molecule has 0 spiro atoms. The van der Waals surface area contributed by atoms with E-state index in [1.54, 1.807) is 0 Å². The number of carboxylic acids is 3. The van der Waals surface area contributed by atoms with E-state index in [2.05, 4.69) is 24.5 Å². The Morgan fingerprint density at radius 1 is 1.05 bits per heavy atom. The molecule has 0 aliphatic heterocycles. The fourth-order valence-electron chi connectivity index (χ4n) is 0.287. The van der Waals surface area contributed by atoms with Crippen LogP contribution < -0.4 is 0 Å². The highest BCUT2D eigenvalue weighted by atomic mass is 16.5. The molecule has 0 aliphatic rings. The highest BCUT2D eigenvalue weighted by molar-refractivity contribution is 5.83. The van der Waals surface area contributed by atoms with E-state index in [1.165, 1.54) is 0 Å². The average Bonchev–Trinajstić information content (AvgIpc) is 2.36. The molecule has 0 aliphatic carbocycles. The molecule has 108 valence electrons. The number of hydrogen-bond acceptors (Lipinski definition) is 4. The minimum absolute atomic E-state index is 0.183.